The van der Waals surface area contributed by atoms with Crippen molar-refractivity contribution in [3.8, 4) is 0 Å². The predicted molar refractivity (Wildman–Crippen MR) is 78.5 cm³/mol. The van der Waals surface area contributed by atoms with Crippen LogP contribution in [-0.4, -0.2) is 56.1 Å². The summed E-state index contributed by atoms with van der Waals surface area (Å²) in [6.45, 7) is 4.41. The normalized spacial score (nSPS) is 20.6. The standard InChI is InChI=1S/C14H22ClN3/c1-17(2)12-7-9-18(11-12)10-8-16-14-6-4-3-5-13(14)15/h3-6,12,16H,7-11H2,1-2H3. The topological polar surface area (TPSA) is 18.5 Å². The summed E-state index contributed by atoms with van der Waals surface area (Å²) in [6.07, 6.45) is 1.28. The molecule has 0 spiro atoms. The Morgan fingerprint density at radius 3 is 2.83 bits per heavy atom. The monoisotopic (exact) mass is 267 g/mol. The number of likely N-dealkylation sites (tertiary alicyclic amines) is 1. The van der Waals surface area contributed by atoms with Crippen molar-refractivity contribution < 1.29 is 0 Å². The molecule has 0 saturated carbocycles. The second kappa shape index (κ2) is 6.41. The minimum Gasteiger partial charge on any atom is -0.383 e. The first-order valence-corrected chi connectivity index (χ1v) is 6.92. The Balaban J connectivity index is 1.72. The van der Waals surface area contributed by atoms with Crippen LogP contribution in [0.5, 0.6) is 0 Å². The average Bonchev–Trinajstić information content (AvgIpc) is 2.80. The zero-order chi connectivity index (χ0) is 13.0. The molecule has 100 valence electrons. The lowest BCUT2D eigenvalue weighted by Crippen LogP contribution is -2.33. The van der Waals surface area contributed by atoms with Gasteiger partial charge < -0.3 is 10.2 Å². The van der Waals surface area contributed by atoms with Gasteiger partial charge in [-0.3, -0.25) is 4.90 Å². The fraction of sp³-hybridized carbons (Fsp3) is 0.571. The van der Waals surface area contributed by atoms with Gasteiger partial charge >= 0.3 is 0 Å². The van der Waals surface area contributed by atoms with Gasteiger partial charge in [0.15, 0.2) is 0 Å². The summed E-state index contributed by atoms with van der Waals surface area (Å²) in [5.74, 6) is 0. The maximum Gasteiger partial charge on any atom is 0.0637 e. The Morgan fingerprint density at radius 1 is 1.39 bits per heavy atom. The fourth-order valence-electron chi connectivity index (χ4n) is 2.39. The number of benzene rings is 1. The summed E-state index contributed by atoms with van der Waals surface area (Å²) in [5.41, 5.74) is 1.03. The van der Waals surface area contributed by atoms with E-state index in [2.05, 4.69) is 29.2 Å². The number of halogens is 1. The van der Waals surface area contributed by atoms with Crippen LogP contribution in [0.4, 0.5) is 5.69 Å². The minimum absolute atomic E-state index is 0.713. The molecule has 2 rings (SSSR count). The summed E-state index contributed by atoms with van der Waals surface area (Å²) in [5, 5.41) is 4.19. The van der Waals surface area contributed by atoms with E-state index in [4.69, 9.17) is 11.6 Å². The Labute approximate surface area is 115 Å². The number of anilines is 1. The lowest BCUT2D eigenvalue weighted by atomic mass is 10.2. The number of hydrogen-bond donors (Lipinski definition) is 1. The van der Waals surface area contributed by atoms with E-state index in [1.165, 1.54) is 19.5 Å². The van der Waals surface area contributed by atoms with Crippen LogP contribution in [0.3, 0.4) is 0 Å². The second-order valence-electron chi connectivity index (χ2n) is 5.11. The molecule has 18 heavy (non-hydrogen) atoms. The zero-order valence-corrected chi connectivity index (χ0v) is 12.0. The Hall–Kier alpha value is -0.770. The van der Waals surface area contributed by atoms with Crippen LogP contribution in [0.2, 0.25) is 5.02 Å². The van der Waals surface area contributed by atoms with Crippen molar-refractivity contribution in [1.29, 1.82) is 0 Å². The van der Waals surface area contributed by atoms with E-state index >= 15 is 0 Å². The predicted octanol–water partition coefficient (Wildman–Crippen LogP) is 2.39. The molecule has 3 nitrogen and oxygen atoms in total. The van der Waals surface area contributed by atoms with Crippen molar-refractivity contribution in [1.82, 2.24) is 9.80 Å². The van der Waals surface area contributed by atoms with Crippen molar-refractivity contribution in [2.75, 3.05) is 45.6 Å². The molecule has 1 atom stereocenters. The number of nitrogens with one attached hydrogen (secondary N) is 1. The molecule has 1 heterocycles. The first kappa shape index (κ1) is 13.7. The van der Waals surface area contributed by atoms with Crippen molar-refractivity contribution in [2.24, 2.45) is 0 Å². The fourth-order valence-corrected chi connectivity index (χ4v) is 2.59. The van der Waals surface area contributed by atoms with Crippen molar-refractivity contribution in [2.45, 2.75) is 12.5 Å². The molecule has 1 aromatic carbocycles. The van der Waals surface area contributed by atoms with E-state index in [-0.39, 0.29) is 0 Å². The molecule has 1 fully saturated rings. The van der Waals surface area contributed by atoms with Gasteiger partial charge in [-0.1, -0.05) is 23.7 Å². The molecule has 1 aliphatic rings. The molecule has 1 saturated heterocycles. The Kier molecular flexibility index (Phi) is 4.87. The molecular formula is C14H22ClN3. The van der Waals surface area contributed by atoms with Gasteiger partial charge in [0.05, 0.1) is 10.7 Å². The highest BCUT2D eigenvalue weighted by molar-refractivity contribution is 6.33. The molecule has 0 radical (unpaired) electrons. The van der Waals surface area contributed by atoms with E-state index in [1.54, 1.807) is 0 Å². The van der Waals surface area contributed by atoms with E-state index in [1.807, 2.05) is 24.3 Å². The SMILES string of the molecule is CN(C)C1CCN(CCNc2ccccc2Cl)C1. The number of rotatable bonds is 5. The highest BCUT2D eigenvalue weighted by atomic mass is 35.5. The summed E-state index contributed by atoms with van der Waals surface area (Å²) in [4.78, 5) is 4.83. The summed E-state index contributed by atoms with van der Waals surface area (Å²) >= 11 is 6.10. The molecule has 1 unspecified atom stereocenters. The van der Waals surface area contributed by atoms with Gasteiger partial charge in [0, 0.05) is 25.7 Å². The van der Waals surface area contributed by atoms with Gasteiger partial charge in [-0.25, -0.2) is 0 Å². The average molecular weight is 268 g/mol. The van der Waals surface area contributed by atoms with E-state index in [0.717, 1.165) is 23.8 Å². The van der Waals surface area contributed by atoms with Gasteiger partial charge in [-0.05, 0) is 39.2 Å². The van der Waals surface area contributed by atoms with Gasteiger partial charge in [-0.2, -0.15) is 0 Å². The third-order valence-electron chi connectivity index (χ3n) is 3.60. The van der Waals surface area contributed by atoms with Gasteiger partial charge in [0.2, 0.25) is 0 Å². The molecule has 0 bridgehead atoms. The molecule has 0 amide bonds. The van der Waals surface area contributed by atoms with Crippen LogP contribution in [0.15, 0.2) is 24.3 Å². The maximum absolute atomic E-state index is 6.10. The van der Waals surface area contributed by atoms with Gasteiger partial charge in [0.25, 0.3) is 0 Å². The molecule has 4 heteroatoms. The lowest BCUT2D eigenvalue weighted by Gasteiger charge is -2.20. The highest BCUT2D eigenvalue weighted by Gasteiger charge is 2.23. The van der Waals surface area contributed by atoms with Crippen LogP contribution in [0, 0.1) is 0 Å². The molecular weight excluding hydrogens is 246 g/mol. The first-order chi connectivity index (χ1) is 8.66. The summed E-state index contributed by atoms with van der Waals surface area (Å²) in [6, 6.07) is 8.61. The Bertz CT molecular complexity index is 381. The second-order valence-corrected chi connectivity index (χ2v) is 5.52. The Morgan fingerprint density at radius 2 is 2.17 bits per heavy atom. The number of para-hydroxylation sites is 1. The molecule has 0 aliphatic carbocycles. The van der Waals surface area contributed by atoms with Crippen LogP contribution >= 0.6 is 11.6 Å². The lowest BCUT2D eigenvalue weighted by molar-refractivity contribution is 0.273. The van der Waals surface area contributed by atoms with Crippen LogP contribution < -0.4 is 5.32 Å². The maximum atomic E-state index is 6.10. The third kappa shape index (κ3) is 3.61. The van der Waals surface area contributed by atoms with Crippen LogP contribution in [0.25, 0.3) is 0 Å². The third-order valence-corrected chi connectivity index (χ3v) is 3.92. The van der Waals surface area contributed by atoms with Gasteiger partial charge in [-0.15, -0.1) is 0 Å². The van der Waals surface area contributed by atoms with Crippen molar-refractivity contribution >= 4 is 17.3 Å². The molecule has 1 aromatic rings. The molecule has 0 aromatic heterocycles. The largest absolute Gasteiger partial charge is 0.383 e. The number of nitrogens with zero attached hydrogens (tertiary/aromatic N) is 2. The minimum atomic E-state index is 0.713. The summed E-state index contributed by atoms with van der Waals surface area (Å²) in [7, 11) is 4.33. The van der Waals surface area contributed by atoms with E-state index in [0.29, 0.717) is 6.04 Å². The van der Waals surface area contributed by atoms with Crippen molar-refractivity contribution in [3.05, 3.63) is 29.3 Å². The first-order valence-electron chi connectivity index (χ1n) is 6.54. The van der Waals surface area contributed by atoms with Gasteiger partial charge in [0.1, 0.15) is 0 Å². The van der Waals surface area contributed by atoms with E-state index in [9.17, 15) is 0 Å². The van der Waals surface area contributed by atoms with Crippen LogP contribution in [0.1, 0.15) is 6.42 Å². The zero-order valence-electron chi connectivity index (χ0n) is 11.2. The summed E-state index contributed by atoms with van der Waals surface area (Å²) < 4.78 is 0. The number of hydrogen-bond acceptors (Lipinski definition) is 3. The quantitative estimate of drug-likeness (QED) is 0.884. The smallest absolute Gasteiger partial charge is 0.0637 e. The molecule has 1 aliphatic heterocycles. The van der Waals surface area contributed by atoms with Crippen LogP contribution in [-0.2, 0) is 0 Å². The highest BCUT2D eigenvalue weighted by Crippen LogP contribution is 2.20. The van der Waals surface area contributed by atoms with E-state index < -0.39 is 0 Å². The number of likely N-dealkylation sites (N-methyl/N-ethyl adjacent to an activating group) is 1. The molecule has 1 N–H and O–H groups in total. The van der Waals surface area contributed by atoms with Crippen molar-refractivity contribution in [3.63, 3.8) is 0 Å².